The van der Waals surface area contributed by atoms with Gasteiger partial charge in [-0.3, -0.25) is 24.7 Å². The quantitative estimate of drug-likeness (QED) is 0.373. The summed E-state index contributed by atoms with van der Waals surface area (Å²) in [7, 11) is 1.47. The van der Waals surface area contributed by atoms with Crippen molar-refractivity contribution >= 4 is 23.5 Å². The van der Waals surface area contributed by atoms with Gasteiger partial charge in [0.1, 0.15) is 5.84 Å². The predicted molar refractivity (Wildman–Crippen MR) is 89.3 cm³/mol. The summed E-state index contributed by atoms with van der Waals surface area (Å²) in [5, 5.41) is 9.90. The van der Waals surface area contributed by atoms with Crippen LogP contribution in [0, 0.1) is 11.3 Å². The van der Waals surface area contributed by atoms with Gasteiger partial charge in [0.2, 0.25) is 11.8 Å². The van der Waals surface area contributed by atoms with Crippen LogP contribution in [0.3, 0.4) is 0 Å². The van der Waals surface area contributed by atoms with E-state index in [0.717, 1.165) is 0 Å². The number of rotatable bonds is 4. The monoisotopic (exact) mass is 361 g/mol. The zero-order valence-corrected chi connectivity index (χ0v) is 14.6. The first-order valence-electron chi connectivity index (χ1n) is 7.87. The minimum absolute atomic E-state index is 0.106. The van der Waals surface area contributed by atoms with Crippen LogP contribution in [0.1, 0.15) is 13.8 Å². The number of carbonyl (C=O) groups is 2. The standard InChI is InChI=1S/C17H19N3O6/c1-17(2)25-15(21)13(16(22)26-17)14(18)20(11-7-5-4-6-8-11)12-9-19(23-3)10-24-12/h4-9,13,18H,10H2,1-3H3. The highest BCUT2D eigenvalue weighted by molar-refractivity contribution is 6.21. The van der Waals surface area contributed by atoms with Crippen LogP contribution in [0.4, 0.5) is 5.69 Å². The minimum Gasteiger partial charge on any atom is -0.454 e. The molecule has 0 radical (unpaired) electrons. The van der Waals surface area contributed by atoms with Crippen LogP contribution in [-0.2, 0) is 28.6 Å². The zero-order valence-electron chi connectivity index (χ0n) is 14.6. The number of ether oxygens (including phenoxy) is 3. The van der Waals surface area contributed by atoms with Crippen molar-refractivity contribution in [1.29, 1.82) is 5.41 Å². The molecule has 1 N–H and O–H groups in total. The molecular weight excluding hydrogens is 342 g/mol. The van der Waals surface area contributed by atoms with Gasteiger partial charge in [0, 0.05) is 13.8 Å². The molecule has 1 fully saturated rings. The Morgan fingerprint density at radius 2 is 1.85 bits per heavy atom. The van der Waals surface area contributed by atoms with Crippen molar-refractivity contribution in [1.82, 2.24) is 5.06 Å². The molecule has 0 saturated carbocycles. The third-order valence-electron chi connectivity index (χ3n) is 3.74. The van der Waals surface area contributed by atoms with Gasteiger partial charge in [-0.1, -0.05) is 18.2 Å². The van der Waals surface area contributed by atoms with Crippen LogP contribution < -0.4 is 4.90 Å². The summed E-state index contributed by atoms with van der Waals surface area (Å²) in [6.45, 7) is 3.02. The predicted octanol–water partition coefficient (Wildman–Crippen LogP) is 1.57. The molecule has 0 aliphatic carbocycles. The Hall–Kier alpha value is -3.07. The maximum atomic E-state index is 12.3. The van der Waals surface area contributed by atoms with Gasteiger partial charge in [-0.2, -0.15) is 0 Å². The second-order valence-corrected chi connectivity index (χ2v) is 6.07. The van der Waals surface area contributed by atoms with E-state index < -0.39 is 23.6 Å². The van der Waals surface area contributed by atoms with E-state index in [1.165, 1.54) is 37.1 Å². The Balaban J connectivity index is 1.96. The van der Waals surface area contributed by atoms with Gasteiger partial charge in [-0.05, 0) is 12.1 Å². The number of cyclic esters (lactones) is 2. The molecule has 0 unspecified atom stereocenters. The van der Waals surface area contributed by atoms with Crippen molar-refractivity contribution in [3.8, 4) is 0 Å². The van der Waals surface area contributed by atoms with Crippen LogP contribution in [-0.4, -0.2) is 42.5 Å². The summed E-state index contributed by atoms with van der Waals surface area (Å²) in [5.74, 6) is -4.69. The van der Waals surface area contributed by atoms with Gasteiger partial charge in [0.05, 0.1) is 19.0 Å². The van der Waals surface area contributed by atoms with Gasteiger partial charge in [-0.25, -0.2) is 5.06 Å². The number of para-hydroxylation sites is 1. The van der Waals surface area contributed by atoms with E-state index in [0.29, 0.717) is 5.69 Å². The lowest BCUT2D eigenvalue weighted by molar-refractivity contribution is -0.235. The first-order valence-corrected chi connectivity index (χ1v) is 7.87. The van der Waals surface area contributed by atoms with E-state index in [1.807, 2.05) is 6.07 Å². The topological polar surface area (TPSA) is 101 Å². The van der Waals surface area contributed by atoms with E-state index in [9.17, 15) is 9.59 Å². The number of benzene rings is 1. The molecule has 2 heterocycles. The van der Waals surface area contributed by atoms with E-state index in [2.05, 4.69) is 0 Å². The summed E-state index contributed by atoms with van der Waals surface area (Å²) in [6, 6.07) is 8.78. The Labute approximate surface area is 150 Å². The molecule has 1 aromatic rings. The third kappa shape index (κ3) is 3.33. The Morgan fingerprint density at radius 1 is 1.23 bits per heavy atom. The van der Waals surface area contributed by atoms with Crippen molar-refractivity contribution in [2.75, 3.05) is 18.7 Å². The Bertz CT molecular complexity index is 741. The van der Waals surface area contributed by atoms with Gasteiger partial charge >= 0.3 is 11.9 Å². The fourth-order valence-electron chi connectivity index (χ4n) is 2.59. The fraction of sp³-hybridized carbons (Fsp3) is 0.353. The smallest absolute Gasteiger partial charge is 0.331 e. The first-order chi connectivity index (χ1) is 12.3. The molecule has 2 aliphatic heterocycles. The molecule has 2 aliphatic rings. The molecule has 0 aromatic heterocycles. The SMILES string of the molecule is CON1C=C(N(C(=N)C2C(=O)OC(C)(C)OC2=O)c2ccccc2)OC1. The molecule has 9 nitrogen and oxygen atoms in total. The Morgan fingerprint density at radius 3 is 2.38 bits per heavy atom. The maximum Gasteiger partial charge on any atom is 0.331 e. The highest BCUT2D eigenvalue weighted by Crippen LogP contribution is 2.30. The maximum absolute atomic E-state index is 12.3. The van der Waals surface area contributed by atoms with Crippen LogP contribution in [0.25, 0.3) is 0 Å². The summed E-state index contributed by atoms with van der Waals surface area (Å²) in [4.78, 5) is 31.1. The van der Waals surface area contributed by atoms with Gasteiger partial charge in [0.25, 0.3) is 5.79 Å². The lowest BCUT2D eigenvalue weighted by Gasteiger charge is -2.35. The molecule has 9 heteroatoms. The number of hydrogen-bond acceptors (Lipinski definition) is 8. The summed E-state index contributed by atoms with van der Waals surface area (Å²) in [5.41, 5.74) is 0.534. The average molecular weight is 361 g/mol. The highest BCUT2D eigenvalue weighted by atomic mass is 16.7. The van der Waals surface area contributed by atoms with Crippen molar-refractivity contribution < 1.29 is 28.6 Å². The van der Waals surface area contributed by atoms with Crippen molar-refractivity contribution in [2.45, 2.75) is 19.6 Å². The van der Waals surface area contributed by atoms with Gasteiger partial charge in [0.15, 0.2) is 6.73 Å². The number of amidine groups is 1. The van der Waals surface area contributed by atoms with Crippen molar-refractivity contribution in [2.24, 2.45) is 5.92 Å². The second-order valence-electron chi connectivity index (χ2n) is 6.07. The molecule has 1 saturated heterocycles. The van der Waals surface area contributed by atoms with Crippen LogP contribution >= 0.6 is 0 Å². The molecular formula is C17H19N3O6. The van der Waals surface area contributed by atoms with E-state index in [1.54, 1.807) is 24.3 Å². The van der Waals surface area contributed by atoms with E-state index in [4.69, 9.17) is 24.5 Å². The minimum atomic E-state index is -1.52. The molecule has 0 bridgehead atoms. The number of hydrogen-bond donors (Lipinski definition) is 1. The molecule has 0 atom stereocenters. The number of hydroxylamine groups is 2. The van der Waals surface area contributed by atoms with E-state index in [-0.39, 0.29) is 18.4 Å². The van der Waals surface area contributed by atoms with Crippen LogP contribution in [0.5, 0.6) is 0 Å². The van der Waals surface area contributed by atoms with E-state index >= 15 is 0 Å². The van der Waals surface area contributed by atoms with Gasteiger partial charge < -0.3 is 14.2 Å². The number of carbonyl (C=O) groups excluding carboxylic acids is 2. The van der Waals surface area contributed by atoms with Crippen molar-refractivity contribution in [3.63, 3.8) is 0 Å². The lowest BCUT2D eigenvalue weighted by Crippen LogP contribution is -2.52. The molecule has 26 heavy (non-hydrogen) atoms. The fourth-order valence-corrected chi connectivity index (χ4v) is 2.59. The molecule has 1 aromatic carbocycles. The van der Waals surface area contributed by atoms with Crippen molar-refractivity contribution in [3.05, 3.63) is 42.4 Å². The highest BCUT2D eigenvalue weighted by Gasteiger charge is 2.48. The number of anilines is 1. The number of esters is 2. The normalized spacial score (nSPS) is 19.3. The number of nitrogens with one attached hydrogen (secondary N) is 1. The summed E-state index contributed by atoms with van der Waals surface area (Å²) >= 11 is 0. The lowest BCUT2D eigenvalue weighted by atomic mass is 10.1. The molecule has 3 rings (SSSR count). The molecule has 0 spiro atoms. The van der Waals surface area contributed by atoms with Crippen LogP contribution in [0.15, 0.2) is 42.4 Å². The van der Waals surface area contributed by atoms with Crippen LogP contribution in [0.2, 0.25) is 0 Å². The average Bonchev–Trinajstić information content (AvgIpc) is 3.03. The summed E-state index contributed by atoms with van der Waals surface area (Å²) < 4.78 is 15.8. The summed E-state index contributed by atoms with van der Waals surface area (Å²) in [6.07, 6.45) is 1.52. The second kappa shape index (κ2) is 6.68. The molecule has 0 amide bonds. The Kier molecular flexibility index (Phi) is 4.56. The first kappa shape index (κ1) is 17.7. The van der Waals surface area contributed by atoms with Gasteiger partial charge in [-0.15, -0.1) is 0 Å². The number of nitrogens with zero attached hydrogens (tertiary/aromatic N) is 2. The largest absolute Gasteiger partial charge is 0.454 e. The zero-order chi connectivity index (χ0) is 18.9. The third-order valence-corrected chi connectivity index (χ3v) is 3.74. The molecule has 138 valence electrons.